The van der Waals surface area contributed by atoms with Crippen LogP contribution in [0.3, 0.4) is 0 Å². The van der Waals surface area contributed by atoms with Gasteiger partial charge in [-0.05, 0) is 48.9 Å². The first kappa shape index (κ1) is 16.9. The van der Waals surface area contributed by atoms with Crippen molar-refractivity contribution in [3.05, 3.63) is 33.8 Å². The molecule has 0 aromatic heterocycles. The summed E-state index contributed by atoms with van der Waals surface area (Å²) in [7, 11) is 0. The molecule has 1 saturated carbocycles. The van der Waals surface area contributed by atoms with Crippen molar-refractivity contribution in [2.45, 2.75) is 18.8 Å². The smallest absolute Gasteiger partial charge is 0.226 e. The molecule has 3 atom stereocenters. The number of nitrogens with two attached hydrogens (primary N) is 1. The molecule has 0 bridgehead atoms. The van der Waals surface area contributed by atoms with Crippen LogP contribution in [0.25, 0.3) is 0 Å². The van der Waals surface area contributed by atoms with E-state index in [1.807, 2.05) is 17.0 Å². The highest BCUT2D eigenvalue weighted by atomic mass is 35.5. The van der Waals surface area contributed by atoms with Crippen LogP contribution in [0.1, 0.15) is 24.3 Å². The van der Waals surface area contributed by atoms with E-state index in [-0.39, 0.29) is 30.2 Å². The second-order valence-corrected chi connectivity index (χ2v) is 6.63. The molecule has 3 nitrogen and oxygen atoms in total. The lowest BCUT2D eigenvalue weighted by Crippen LogP contribution is -2.31. The molecule has 3 unspecified atom stereocenters. The number of nitrogens with zero attached hydrogens (tertiary/aromatic N) is 1. The maximum absolute atomic E-state index is 12.4. The first-order chi connectivity index (χ1) is 9.60. The van der Waals surface area contributed by atoms with Crippen LogP contribution in [0.15, 0.2) is 18.2 Å². The summed E-state index contributed by atoms with van der Waals surface area (Å²) in [6, 6.07) is 5.52. The van der Waals surface area contributed by atoms with Crippen LogP contribution in [0.2, 0.25) is 10.0 Å². The maximum Gasteiger partial charge on any atom is 0.226 e. The van der Waals surface area contributed by atoms with Gasteiger partial charge in [-0.15, -0.1) is 12.4 Å². The van der Waals surface area contributed by atoms with E-state index in [2.05, 4.69) is 0 Å². The van der Waals surface area contributed by atoms with Crippen LogP contribution in [0.4, 0.5) is 0 Å². The second kappa shape index (κ2) is 6.74. The number of rotatable bonds is 3. The minimum absolute atomic E-state index is 0. The lowest BCUT2D eigenvalue weighted by atomic mass is 10.1. The first-order valence-electron chi connectivity index (χ1n) is 7.04. The van der Waals surface area contributed by atoms with Gasteiger partial charge in [0.2, 0.25) is 5.91 Å². The lowest BCUT2D eigenvalue weighted by molar-refractivity contribution is -0.131. The Morgan fingerprint density at radius 1 is 1.38 bits per heavy atom. The molecule has 1 amide bonds. The van der Waals surface area contributed by atoms with Crippen LogP contribution in [0, 0.1) is 11.8 Å². The van der Waals surface area contributed by atoms with E-state index >= 15 is 0 Å². The Morgan fingerprint density at radius 3 is 2.76 bits per heavy atom. The molecule has 1 aromatic carbocycles. The van der Waals surface area contributed by atoms with Gasteiger partial charge in [-0.25, -0.2) is 0 Å². The van der Waals surface area contributed by atoms with Gasteiger partial charge in [0.1, 0.15) is 0 Å². The summed E-state index contributed by atoms with van der Waals surface area (Å²) in [5, 5.41) is 1.30. The van der Waals surface area contributed by atoms with Gasteiger partial charge in [0, 0.05) is 29.1 Å². The lowest BCUT2D eigenvalue weighted by Gasteiger charge is -2.16. The number of carbonyl (C=O) groups is 1. The predicted octanol–water partition coefficient (Wildman–Crippen LogP) is 3.33. The summed E-state index contributed by atoms with van der Waals surface area (Å²) in [5.41, 5.74) is 6.72. The second-order valence-electron chi connectivity index (χ2n) is 5.79. The van der Waals surface area contributed by atoms with E-state index in [9.17, 15) is 4.79 Å². The average molecular weight is 350 g/mol. The van der Waals surface area contributed by atoms with Crippen molar-refractivity contribution in [1.29, 1.82) is 0 Å². The van der Waals surface area contributed by atoms with E-state index in [4.69, 9.17) is 28.9 Å². The zero-order valence-electron chi connectivity index (χ0n) is 11.6. The molecule has 2 fully saturated rings. The van der Waals surface area contributed by atoms with Gasteiger partial charge in [-0.2, -0.15) is 0 Å². The fourth-order valence-corrected chi connectivity index (χ4v) is 3.62. The molecule has 1 aromatic rings. The van der Waals surface area contributed by atoms with Crippen LogP contribution in [-0.2, 0) is 4.79 Å². The van der Waals surface area contributed by atoms with Crippen LogP contribution in [0.5, 0.6) is 0 Å². The van der Waals surface area contributed by atoms with Crippen molar-refractivity contribution in [3.8, 4) is 0 Å². The molecule has 1 aliphatic heterocycles. The Hall–Kier alpha value is -0.480. The normalized spacial score (nSPS) is 27.4. The Kier molecular flexibility index (Phi) is 5.42. The summed E-state index contributed by atoms with van der Waals surface area (Å²) < 4.78 is 0. The molecular formula is C15H19Cl3N2O. The number of hydrogen-bond donors (Lipinski definition) is 1. The first-order valence-corrected chi connectivity index (χ1v) is 7.79. The zero-order valence-corrected chi connectivity index (χ0v) is 13.9. The van der Waals surface area contributed by atoms with Crippen molar-refractivity contribution >= 4 is 41.5 Å². The van der Waals surface area contributed by atoms with Crippen LogP contribution in [-0.4, -0.2) is 30.4 Å². The number of amides is 1. The third-order valence-corrected chi connectivity index (χ3v) is 4.96. The fraction of sp³-hybridized carbons (Fsp3) is 0.533. The Labute approximate surface area is 141 Å². The quantitative estimate of drug-likeness (QED) is 0.910. The van der Waals surface area contributed by atoms with Crippen molar-refractivity contribution in [2.75, 3.05) is 19.6 Å². The van der Waals surface area contributed by atoms with Gasteiger partial charge in [0.25, 0.3) is 0 Å². The SMILES string of the molecule is Cl.NCC1CCN(C(=O)C2CC2c2ccc(Cl)cc2Cl)C1. The third-order valence-electron chi connectivity index (χ3n) is 4.40. The number of benzene rings is 1. The topological polar surface area (TPSA) is 46.3 Å². The third kappa shape index (κ3) is 3.48. The molecular weight excluding hydrogens is 331 g/mol. The summed E-state index contributed by atoms with van der Waals surface area (Å²) in [4.78, 5) is 14.4. The van der Waals surface area contributed by atoms with Crippen LogP contribution >= 0.6 is 35.6 Å². The molecule has 2 aliphatic rings. The molecule has 2 N–H and O–H groups in total. The predicted molar refractivity (Wildman–Crippen MR) is 88.3 cm³/mol. The zero-order chi connectivity index (χ0) is 14.3. The number of halogens is 3. The molecule has 0 radical (unpaired) electrons. The molecule has 0 spiro atoms. The van der Waals surface area contributed by atoms with Crippen molar-refractivity contribution < 1.29 is 4.79 Å². The van der Waals surface area contributed by atoms with Gasteiger partial charge in [-0.3, -0.25) is 4.79 Å². The van der Waals surface area contributed by atoms with E-state index in [1.165, 1.54) is 0 Å². The standard InChI is InChI=1S/C15H18Cl2N2O.ClH/c16-10-1-2-11(14(17)5-10)12-6-13(12)15(20)19-4-3-9(7-18)8-19;/h1-2,5,9,12-13H,3-4,6-8,18H2;1H. The van der Waals surface area contributed by atoms with Gasteiger partial charge >= 0.3 is 0 Å². The minimum Gasteiger partial charge on any atom is -0.342 e. The van der Waals surface area contributed by atoms with Crippen LogP contribution < -0.4 is 5.73 Å². The van der Waals surface area contributed by atoms with Gasteiger partial charge < -0.3 is 10.6 Å². The van der Waals surface area contributed by atoms with Crippen molar-refractivity contribution in [3.63, 3.8) is 0 Å². The monoisotopic (exact) mass is 348 g/mol. The highest BCUT2D eigenvalue weighted by Gasteiger charge is 2.47. The average Bonchev–Trinajstić information content (AvgIpc) is 3.06. The highest BCUT2D eigenvalue weighted by molar-refractivity contribution is 6.35. The van der Waals surface area contributed by atoms with E-state index in [0.717, 1.165) is 31.5 Å². The summed E-state index contributed by atoms with van der Waals surface area (Å²) in [6.45, 7) is 2.33. The Bertz CT molecular complexity index is 538. The number of hydrogen-bond acceptors (Lipinski definition) is 2. The highest BCUT2D eigenvalue weighted by Crippen LogP contribution is 2.51. The van der Waals surface area contributed by atoms with Crippen molar-refractivity contribution in [1.82, 2.24) is 4.90 Å². The van der Waals surface area contributed by atoms with E-state index in [1.54, 1.807) is 6.07 Å². The molecule has 1 saturated heterocycles. The molecule has 116 valence electrons. The summed E-state index contributed by atoms with van der Waals surface area (Å²) in [6.07, 6.45) is 1.92. The van der Waals surface area contributed by atoms with E-state index in [0.29, 0.717) is 22.5 Å². The number of likely N-dealkylation sites (tertiary alicyclic amines) is 1. The minimum atomic E-state index is 0. The molecule has 6 heteroatoms. The largest absolute Gasteiger partial charge is 0.342 e. The molecule has 21 heavy (non-hydrogen) atoms. The maximum atomic E-state index is 12.4. The number of carbonyl (C=O) groups excluding carboxylic acids is 1. The van der Waals surface area contributed by atoms with Gasteiger partial charge in [0.05, 0.1) is 0 Å². The molecule has 1 aliphatic carbocycles. The van der Waals surface area contributed by atoms with E-state index < -0.39 is 0 Å². The van der Waals surface area contributed by atoms with Crippen molar-refractivity contribution in [2.24, 2.45) is 17.6 Å². The Morgan fingerprint density at radius 2 is 2.14 bits per heavy atom. The molecule has 1 heterocycles. The molecule has 3 rings (SSSR count). The summed E-state index contributed by atoms with van der Waals surface area (Å²) in [5.74, 6) is 1.07. The van der Waals surface area contributed by atoms with Gasteiger partial charge in [0.15, 0.2) is 0 Å². The summed E-state index contributed by atoms with van der Waals surface area (Å²) >= 11 is 12.1. The fourth-order valence-electron chi connectivity index (χ4n) is 3.07. The van der Waals surface area contributed by atoms with Gasteiger partial charge in [-0.1, -0.05) is 29.3 Å². The Balaban J connectivity index is 0.00000161.